The lowest BCUT2D eigenvalue weighted by atomic mass is 10.2. The van der Waals surface area contributed by atoms with Crippen molar-refractivity contribution in [3.05, 3.63) is 47.2 Å². The minimum Gasteiger partial charge on any atom is -0.465 e. The number of aromatic nitrogens is 1. The highest BCUT2D eigenvalue weighted by Gasteiger charge is 2.13. The molecule has 0 amide bonds. The molecule has 0 atom stereocenters. The highest BCUT2D eigenvalue weighted by molar-refractivity contribution is 7.99. The number of carbonyl (C=O) groups excluding carboxylic acids is 1. The van der Waals surface area contributed by atoms with E-state index in [0.717, 1.165) is 9.79 Å². The van der Waals surface area contributed by atoms with Gasteiger partial charge in [0.1, 0.15) is 5.15 Å². The van der Waals surface area contributed by atoms with Gasteiger partial charge < -0.3 is 10.5 Å². The fourth-order valence-corrected chi connectivity index (χ4v) is 2.67. The Morgan fingerprint density at radius 2 is 2.11 bits per heavy atom. The van der Waals surface area contributed by atoms with Crippen molar-refractivity contribution in [3.63, 3.8) is 0 Å². The van der Waals surface area contributed by atoms with Crippen LogP contribution in [-0.4, -0.2) is 18.1 Å². The molecule has 0 radical (unpaired) electrons. The first-order valence-corrected chi connectivity index (χ1v) is 6.57. The molecule has 1 aromatic carbocycles. The van der Waals surface area contributed by atoms with Gasteiger partial charge in [-0.2, -0.15) is 0 Å². The molecule has 0 spiro atoms. The van der Waals surface area contributed by atoms with E-state index in [2.05, 4.69) is 4.98 Å². The first-order chi connectivity index (χ1) is 9.11. The van der Waals surface area contributed by atoms with Gasteiger partial charge in [-0.1, -0.05) is 35.5 Å². The average Bonchev–Trinajstić information content (AvgIpc) is 2.42. The molecule has 0 bridgehead atoms. The molecule has 2 aromatic rings. The lowest BCUT2D eigenvalue weighted by Gasteiger charge is -2.09. The summed E-state index contributed by atoms with van der Waals surface area (Å²) < 4.78 is 4.75. The van der Waals surface area contributed by atoms with Crippen LogP contribution in [0.1, 0.15) is 10.4 Å². The average molecular weight is 295 g/mol. The molecule has 0 aliphatic heterocycles. The van der Waals surface area contributed by atoms with Crippen molar-refractivity contribution in [2.45, 2.75) is 9.79 Å². The maximum absolute atomic E-state index is 11.7. The van der Waals surface area contributed by atoms with Gasteiger partial charge in [-0.25, -0.2) is 9.78 Å². The summed E-state index contributed by atoms with van der Waals surface area (Å²) in [4.78, 5) is 17.1. The van der Waals surface area contributed by atoms with Crippen LogP contribution >= 0.6 is 23.4 Å². The Hall–Kier alpha value is -1.72. The molecule has 1 aromatic heterocycles. The number of nitrogens with two attached hydrogens (primary N) is 1. The van der Waals surface area contributed by atoms with Crippen molar-refractivity contribution >= 4 is 35.0 Å². The number of halogens is 1. The number of carbonyl (C=O) groups is 1. The molecule has 2 rings (SSSR count). The van der Waals surface area contributed by atoms with Crippen molar-refractivity contribution in [1.29, 1.82) is 0 Å². The van der Waals surface area contributed by atoms with Crippen molar-refractivity contribution in [2.75, 3.05) is 12.8 Å². The van der Waals surface area contributed by atoms with E-state index in [-0.39, 0.29) is 5.97 Å². The number of benzene rings is 1. The molecular formula is C13H11ClN2O2S. The van der Waals surface area contributed by atoms with Crippen molar-refractivity contribution in [1.82, 2.24) is 4.98 Å². The number of nitrogens with zero attached hydrogens (tertiary/aromatic N) is 1. The second-order valence-electron chi connectivity index (χ2n) is 3.63. The Balaban J connectivity index is 2.38. The molecule has 0 fully saturated rings. The third-order valence-electron chi connectivity index (χ3n) is 2.37. The molecule has 6 heteroatoms. The van der Waals surface area contributed by atoms with E-state index in [9.17, 15) is 4.79 Å². The number of hydrogen-bond donors (Lipinski definition) is 1. The fourth-order valence-electron chi connectivity index (χ4n) is 1.46. The molecule has 0 unspecified atom stereocenters. The zero-order valence-corrected chi connectivity index (χ0v) is 11.7. The zero-order chi connectivity index (χ0) is 13.8. The number of nitrogen functional groups attached to an aromatic ring is 1. The summed E-state index contributed by atoms with van der Waals surface area (Å²) in [6.07, 6.45) is 1.49. The van der Waals surface area contributed by atoms with Crippen LogP contribution in [0.2, 0.25) is 5.15 Å². The maximum Gasteiger partial charge on any atom is 0.339 e. The number of ether oxygens (including phenoxy) is 1. The van der Waals surface area contributed by atoms with Gasteiger partial charge in [0.25, 0.3) is 0 Å². The van der Waals surface area contributed by atoms with Crippen LogP contribution < -0.4 is 5.73 Å². The highest BCUT2D eigenvalue weighted by atomic mass is 35.5. The van der Waals surface area contributed by atoms with Crippen molar-refractivity contribution < 1.29 is 9.53 Å². The standard InChI is InChI=1S/C13H11ClN2O2S/c1-18-13(17)8-4-2-3-5-10(8)19-11-6-12(14)16-7-9(11)15/h2-7H,15H2,1H3. The first kappa shape index (κ1) is 13.7. The topological polar surface area (TPSA) is 65.2 Å². The van der Waals surface area contributed by atoms with E-state index in [1.165, 1.54) is 25.1 Å². The lowest BCUT2D eigenvalue weighted by Crippen LogP contribution is -2.02. The SMILES string of the molecule is COC(=O)c1ccccc1Sc1cc(Cl)ncc1N. The summed E-state index contributed by atoms with van der Waals surface area (Å²) in [5, 5.41) is 0.354. The van der Waals surface area contributed by atoms with Gasteiger partial charge in [0.05, 0.1) is 24.6 Å². The molecule has 19 heavy (non-hydrogen) atoms. The fraction of sp³-hybridized carbons (Fsp3) is 0.0769. The number of hydrogen-bond acceptors (Lipinski definition) is 5. The van der Waals surface area contributed by atoms with E-state index >= 15 is 0 Å². The number of rotatable bonds is 3. The Labute approximate surface area is 119 Å². The summed E-state index contributed by atoms with van der Waals surface area (Å²) in [5.74, 6) is -0.387. The van der Waals surface area contributed by atoms with Gasteiger partial charge in [-0.3, -0.25) is 0 Å². The normalized spacial score (nSPS) is 10.2. The lowest BCUT2D eigenvalue weighted by molar-refractivity contribution is 0.0597. The molecule has 0 saturated carbocycles. The minimum atomic E-state index is -0.387. The van der Waals surface area contributed by atoms with Gasteiger partial charge in [-0.05, 0) is 18.2 Å². The monoisotopic (exact) mass is 294 g/mol. The minimum absolute atomic E-state index is 0.354. The van der Waals surface area contributed by atoms with Gasteiger partial charge in [0.15, 0.2) is 0 Å². The number of pyridine rings is 1. The zero-order valence-electron chi connectivity index (χ0n) is 10.1. The van der Waals surface area contributed by atoms with Gasteiger partial charge in [0.2, 0.25) is 0 Å². The summed E-state index contributed by atoms with van der Waals surface area (Å²) in [7, 11) is 1.35. The largest absolute Gasteiger partial charge is 0.465 e. The van der Waals surface area contributed by atoms with Crippen LogP contribution in [-0.2, 0) is 4.74 Å². The van der Waals surface area contributed by atoms with Gasteiger partial charge in [-0.15, -0.1) is 0 Å². The molecule has 4 nitrogen and oxygen atoms in total. The van der Waals surface area contributed by atoms with E-state index in [1.54, 1.807) is 18.2 Å². The van der Waals surface area contributed by atoms with E-state index < -0.39 is 0 Å². The van der Waals surface area contributed by atoms with Crippen LogP contribution in [0.5, 0.6) is 0 Å². The molecule has 0 aliphatic carbocycles. The predicted molar refractivity (Wildman–Crippen MR) is 75.6 cm³/mol. The third-order valence-corrected chi connectivity index (χ3v) is 3.73. The Bertz CT molecular complexity index is 619. The first-order valence-electron chi connectivity index (χ1n) is 5.38. The van der Waals surface area contributed by atoms with Crippen LogP contribution in [0.25, 0.3) is 0 Å². The molecule has 1 heterocycles. The van der Waals surface area contributed by atoms with Gasteiger partial charge >= 0.3 is 5.97 Å². The van der Waals surface area contributed by atoms with Crippen LogP contribution in [0.4, 0.5) is 5.69 Å². The second kappa shape index (κ2) is 5.95. The van der Waals surface area contributed by atoms with Gasteiger partial charge in [0, 0.05) is 9.79 Å². The molecule has 98 valence electrons. The summed E-state index contributed by atoms with van der Waals surface area (Å²) in [6.45, 7) is 0. The number of esters is 1. The molecular weight excluding hydrogens is 284 g/mol. The Morgan fingerprint density at radius 3 is 2.84 bits per heavy atom. The number of methoxy groups -OCH3 is 1. The summed E-state index contributed by atoms with van der Waals surface area (Å²) >= 11 is 7.19. The van der Waals surface area contributed by atoms with E-state index in [1.807, 2.05) is 12.1 Å². The smallest absolute Gasteiger partial charge is 0.339 e. The molecule has 0 saturated heterocycles. The molecule has 2 N–H and O–H groups in total. The molecule has 0 aliphatic rings. The summed E-state index contributed by atoms with van der Waals surface area (Å²) in [5.41, 5.74) is 6.83. The highest BCUT2D eigenvalue weighted by Crippen LogP contribution is 2.35. The number of anilines is 1. The van der Waals surface area contributed by atoms with E-state index in [4.69, 9.17) is 22.1 Å². The van der Waals surface area contributed by atoms with Crippen LogP contribution in [0, 0.1) is 0 Å². The van der Waals surface area contributed by atoms with E-state index in [0.29, 0.717) is 16.4 Å². The van der Waals surface area contributed by atoms with Crippen molar-refractivity contribution in [2.24, 2.45) is 0 Å². The quantitative estimate of drug-likeness (QED) is 0.695. The summed E-state index contributed by atoms with van der Waals surface area (Å²) in [6, 6.07) is 8.81. The van der Waals surface area contributed by atoms with Crippen LogP contribution in [0.3, 0.4) is 0 Å². The van der Waals surface area contributed by atoms with Crippen LogP contribution in [0.15, 0.2) is 46.3 Å². The third kappa shape index (κ3) is 3.19. The maximum atomic E-state index is 11.7. The Morgan fingerprint density at radius 1 is 1.37 bits per heavy atom. The Kier molecular flexibility index (Phi) is 4.29. The second-order valence-corrected chi connectivity index (χ2v) is 5.11. The van der Waals surface area contributed by atoms with Crippen molar-refractivity contribution in [3.8, 4) is 0 Å². The predicted octanol–water partition coefficient (Wildman–Crippen LogP) is 3.26.